The van der Waals surface area contributed by atoms with Crippen molar-refractivity contribution >= 4 is 5.97 Å². The third kappa shape index (κ3) is 8.39. The Morgan fingerprint density at radius 1 is 1.33 bits per heavy atom. The van der Waals surface area contributed by atoms with E-state index in [1.54, 1.807) is 0 Å². The second-order valence-corrected chi connectivity index (χ2v) is 5.99. The number of ether oxygens (including phenoxy) is 1. The number of carboxylic acid groups (broad SMARTS) is 1. The fraction of sp³-hybridized carbons (Fsp3) is 0.938. The van der Waals surface area contributed by atoms with Crippen LogP contribution < -0.4 is 5.32 Å². The minimum Gasteiger partial charge on any atom is -0.480 e. The van der Waals surface area contributed by atoms with Crippen molar-refractivity contribution in [3.63, 3.8) is 0 Å². The van der Waals surface area contributed by atoms with Gasteiger partial charge in [0.1, 0.15) is 5.54 Å². The minimum atomic E-state index is -0.773. The standard InChI is InChI=1S/C16H34N2O3/c1-6-10-17-16(7-2,15(19)20)9-8-11-18(5)12-13-21-14(3)4/h14,17H,6-13H2,1-5H3,(H,19,20). The van der Waals surface area contributed by atoms with E-state index in [2.05, 4.69) is 24.2 Å². The quantitative estimate of drug-likeness (QED) is 0.547. The molecule has 5 nitrogen and oxygen atoms in total. The van der Waals surface area contributed by atoms with Gasteiger partial charge in [-0.3, -0.25) is 4.79 Å². The number of hydrogen-bond donors (Lipinski definition) is 2. The molecule has 5 heteroatoms. The summed E-state index contributed by atoms with van der Waals surface area (Å²) in [5.74, 6) is -0.732. The predicted molar refractivity (Wildman–Crippen MR) is 86.8 cm³/mol. The van der Waals surface area contributed by atoms with Crippen LogP contribution in [0.2, 0.25) is 0 Å². The number of carbonyl (C=O) groups is 1. The van der Waals surface area contributed by atoms with E-state index in [-0.39, 0.29) is 6.10 Å². The van der Waals surface area contributed by atoms with E-state index >= 15 is 0 Å². The van der Waals surface area contributed by atoms with E-state index in [9.17, 15) is 9.90 Å². The molecule has 0 radical (unpaired) electrons. The molecule has 0 aromatic rings. The fourth-order valence-electron chi connectivity index (χ4n) is 2.30. The van der Waals surface area contributed by atoms with E-state index in [0.29, 0.717) is 12.8 Å². The van der Waals surface area contributed by atoms with Gasteiger partial charge in [-0.15, -0.1) is 0 Å². The summed E-state index contributed by atoms with van der Waals surface area (Å²) in [6, 6.07) is 0. The summed E-state index contributed by atoms with van der Waals surface area (Å²) < 4.78 is 5.52. The van der Waals surface area contributed by atoms with Crippen molar-refractivity contribution in [2.24, 2.45) is 0 Å². The third-order valence-electron chi connectivity index (χ3n) is 3.79. The van der Waals surface area contributed by atoms with Crippen molar-refractivity contribution in [2.45, 2.75) is 65.0 Å². The molecule has 0 spiro atoms. The van der Waals surface area contributed by atoms with E-state index in [0.717, 1.165) is 39.1 Å². The Morgan fingerprint density at radius 3 is 2.48 bits per heavy atom. The molecule has 0 aliphatic carbocycles. The second kappa shape index (κ2) is 11.0. The monoisotopic (exact) mass is 302 g/mol. The first-order valence-corrected chi connectivity index (χ1v) is 8.16. The maximum atomic E-state index is 11.6. The zero-order valence-electron chi connectivity index (χ0n) is 14.4. The molecule has 0 heterocycles. The third-order valence-corrected chi connectivity index (χ3v) is 3.79. The molecule has 126 valence electrons. The topological polar surface area (TPSA) is 61.8 Å². The first kappa shape index (κ1) is 20.3. The number of rotatable bonds is 13. The zero-order valence-corrected chi connectivity index (χ0v) is 14.4. The molecule has 0 aromatic heterocycles. The van der Waals surface area contributed by atoms with Gasteiger partial charge in [-0.25, -0.2) is 0 Å². The molecule has 0 aliphatic rings. The highest BCUT2D eigenvalue weighted by Gasteiger charge is 2.35. The SMILES string of the molecule is CCCNC(CC)(CCCN(C)CCOC(C)C)C(=O)O. The fourth-order valence-corrected chi connectivity index (χ4v) is 2.30. The number of hydrogen-bond acceptors (Lipinski definition) is 4. The van der Waals surface area contributed by atoms with Crippen LogP contribution in [0.3, 0.4) is 0 Å². The van der Waals surface area contributed by atoms with Gasteiger partial charge < -0.3 is 20.1 Å². The van der Waals surface area contributed by atoms with Gasteiger partial charge in [0.15, 0.2) is 0 Å². The van der Waals surface area contributed by atoms with E-state index in [4.69, 9.17) is 4.74 Å². The predicted octanol–water partition coefficient (Wildman–Crippen LogP) is 2.36. The molecular weight excluding hydrogens is 268 g/mol. The highest BCUT2D eigenvalue weighted by molar-refractivity contribution is 5.78. The molecule has 1 unspecified atom stereocenters. The number of nitrogens with zero attached hydrogens (tertiary/aromatic N) is 1. The van der Waals surface area contributed by atoms with Gasteiger partial charge in [0.25, 0.3) is 0 Å². The average Bonchev–Trinajstić information content (AvgIpc) is 2.42. The lowest BCUT2D eigenvalue weighted by molar-refractivity contribution is -0.145. The molecule has 0 saturated carbocycles. The summed E-state index contributed by atoms with van der Waals surface area (Å²) in [6.07, 6.45) is 3.35. The number of aliphatic carboxylic acids is 1. The minimum absolute atomic E-state index is 0.261. The Balaban J connectivity index is 4.15. The van der Waals surface area contributed by atoms with Gasteiger partial charge in [0.05, 0.1) is 12.7 Å². The van der Waals surface area contributed by atoms with Crippen molar-refractivity contribution in [1.82, 2.24) is 10.2 Å². The summed E-state index contributed by atoms with van der Waals surface area (Å²) in [6.45, 7) is 11.3. The second-order valence-electron chi connectivity index (χ2n) is 5.99. The Bertz CT molecular complexity index is 285. The van der Waals surface area contributed by atoms with Crippen LogP contribution in [0.5, 0.6) is 0 Å². The number of likely N-dealkylation sites (N-methyl/N-ethyl adjacent to an activating group) is 1. The summed E-state index contributed by atoms with van der Waals surface area (Å²) in [4.78, 5) is 13.8. The summed E-state index contributed by atoms with van der Waals surface area (Å²) in [5.41, 5.74) is -0.773. The highest BCUT2D eigenvalue weighted by atomic mass is 16.5. The Labute approximate surface area is 130 Å². The van der Waals surface area contributed by atoms with Gasteiger partial charge in [0, 0.05) is 6.54 Å². The van der Waals surface area contributed by atoms with E-state index < -0.39 is 11.5 Å². The van der Waals surface area contributed by atoms with Crippen LogP contribution in [-0.2, 0) is 9.53 Å². The van der Waals surface area contributed by atoms with Crippen LogP contribution in [-0.4, -0.2) is 60.9 Å². The molecule has 0 bridgehead atoms. The van der Waals surface area contributed by atoms with Crippen molar-refractivity contribution < 1.29 is 14.6 Å². The van der Waals surface area contributed by atoms with E-state index in [1.165, 1.54) is 0 Å². The smallest absolute Gasteiger partial charge is 0.323 e. The average molecular weight is 302 g/mol. The molecule has 1 atom stereocenters. The lowest BCUT2D eigenvalue weighted by Crippen LogP contribution is -2.52. The highest BCUT2D eigenvalue weighted by Crippen LogP contribution is 2.18. The van der Waals surface area contributed by atoms with Gasteiger partial charge in [-0.05, 0) is 59.7 Å². The normalized spacial score (nSPS) is 14.6. The van der Waals surface area contributed by atoms with Gasteiger partial charge in [0.2, 0.25) is 0 Å². The largest absolute Gasteiger partial charge is 0.480 e. The van der Waals surface area contributed by atoms with Crippen LogP contribution >= 0.6 is 0 Å². The molecule has 0 rings (SSSR count). The first-order valence-electron chi connectivity index (χ1n) is 8.16. The Kier molecular flexibility index (Phi) is 10.6. The van der Waals surface area contributed by atoms with Crippen molar-refractivity contribution in [1.29, 1.82) is 0 Å². The zero-order chi connectivity index (χ0) is 16.3. The Hall–Kier alpha value is -0.650. The van der Waals surface area contributed by atoms with Gasteiger partial charge >= 0.3 is 5.97 Å². The molecule has 0 fully saturated rings. The van der Waals surface area contributed by atoms with Crippen molar-refractivity contribution in [3.8, 4) is 0 Å². The summed E-state index contributed by atoms with van der Waals surface area (Å²) in [7, 11) is 2.05. The van der Waals surface area contributed by atoms with Gasteiger partial charge in [-0.1, -0.05) is 13.8 Å². The molecule has 21 heavy (non-hydrogen) atoms. The molecule has 0 aliphatic heterocycles. The van der Waals surface area contributed by atoms with Gasteiger partial charge in [-0.2, -0.15) is 0 Å². The van der Waals surface area contributed by atoms with E-state index in [1.807, 2.05) is 20.8 Å². The van der Waals surface area contributed by atoms with Crippen LogP contribution in [0.1, 0.15) is 53.4 Å². The molecule has 0 aromatic carbocycles. The maximum absolute atomic E-state index is 11.6. The van der Waals surface area contributed by atoms with Crippen LogP contribution in [0.25, 0.3) is 0 Å². The summed E-state index contributed by atoms with van der Waals surface area (Å²) >= 11 is 0. The van der Waals surface area contributed by atoms with Crippen LogP contribution in [0.4, 0.5) is 0 Å². The van der Waals surface area contributed by atoms with Crippen molar-refractivity contribution in [2.75, 3.05) is 33.3 Å². The lowest BCUT2D eigenvalue weighted by Gasteiger charge is -2.30. The van der Waals surface area contributed by atoms with Crippen LogP contribution in [0, 0.1) is 0 Å². The van der Waals surface area contributed by atoms with Crippen LogP contribution in [0.15, 0.2) is 0 Å². The lowest BCUT2D eigenvalue weighted by atomic mass is 9.90. The number of nitrogens with one attached hydrogen (secondary N) is 1. The molecule has 0 saturated heterocycles. The summed E-state index contributed by atoms with van der Waals surface area (Å²) in [5, 5.41) is 12.7. The van der Waals surface area contributed by atoms with Crippen molar-refractivity contribution in [3.05, 3.63) is 0 Å². The maximum Gasteiger partial charge on any atom is 0.323 e. The molecule has 0 amide bonds. The molecule has 2 N–H and O–H groups in total. The molecular formula is C16H34N2O3. The Morgan fingerprint density at radius 2 is 2.00 bits per heavy atom. The number of carboxylic acids is 1. The first-order chi connectivity index (χ1) is 9.88.